The van der Waals surface area contributed by atoms with Crippen LogP contribution in [-0.4, -0.2) is 60.5 Å². The molecule has 1 unspecified atom stereocenters. The van der Waals surface area contributed by atoms with E-state index in [1.54, 1.807) is 48.1 Å². The quantitative estimate of drug-likeness (QED) is 0.699. The first-order valence-electron chi connectivity index (χ1n) is 10.8. The largest absolute Gasteiger partial charge is 0.417 e. The minimum absolute atomic E-state index is 0.106. The number of hydrogen-bond donors (Lipinski definition) is 0. The van der Waals surface area contributed by atoms with Crippen LogP contribution in [-0.2, 0) is 18.0 Å². The van der Waals surface area contributed by atoms with Gasteiger partial charge in [0.1, 0.15) is 5.69 Å². The summed E-state index contributed by atoms with van der Waals surface area (Å²) in [6.07, 6.45) is -1.40. The molecule has 3 heterocycles. The van der Waals surface area contributed by atoms with Crippen LogP contribution < -0.4 is 4.90 Å². The molecule has 2 aliphatic heterocycles. The highest BCUT2D eigenvalue weighted by molar-refractivity contribution is 5.92. The Labute approximate surface area is 190 Å². The second-order valence-corrected chi connectivity index (χ2v) is 8.90. The van der Waals surface area contributed by atoms with Crippen molar-refractivity contribution in [3.8, 4) is 6.07 Å². The number of rotatable bonds is 4. The van der Waals surface area contributed by atoms with E-state index in [0.29, 0.717) is 44.2 Å². The summed E-state index contributed by atoms with van der Waals surface area (Å²) in [4.78, 5) is 16.5. The number of methoxy groups -OCH3 is 1. The van der Waals surface area contributed by atoms with Gasteiger partial charge in [-0.2, -0.15) is 23.5 Å². The maximum atomic E-state index is 13.5. The highest BCUT2D eigenvalue weighted by Gasteiger charge is 2.49. The number of hydrogen-bond acceptors (Lipinski definition) is 5. The van der Waals surface area contributed by atoms with E-state index in [0.717, 1.165) is 18.9 Å². The molecule has 0 bridgehead atoms. The van der Waals surface area contributed by atoms with Crippen LogP contribution in [0.5, 0.6) is 0 Å². The molecule has 1 aromatic heterocycles. The van der Waals surface area contributed by atoms with E-state index >= 15 is 0 Å². The van der Waals surface area contributed by atoms with Gasteiger partial charge in [-0.1, -0.05) is 0 Å². The number of ether oxygens (including phenoxy) is 1. The predicted octanol–water partition coefficient (Wildman–Crippen LogP) is 3.32. The van der Waals surface area contributed by atoms with Gasteiger partial charge < -0.3 is 14.5 Å². The fourth-order valence-electron chi connectivity index (χ4n) is 5.13. The first-order chi connectivity index (χ1) is 15.7. The SMILES string of the molecule is COCC1CN(c2ccc(C#N)c(C(F)(F)F)c2)CC12CCN(C(=O)c1ccn(C)n1)CC2. The second kappa shape index (κ2) is 8.71. The first kappa shape index (κ1) is 23.1. The summed E-state index contributed by atoms with van der Waals surface area (Å²) in [6, 6.07) is 7.22. The van der Waals surface area contributed by atoms with Gasteiger partial charge in [-0.3, -0.25) is 9.48 Å². The molecule has 33 heavy (non-hydrogen) atoms. The van der Waals surface area contributed by atoms with Crippen LogP contribution in [0.15, 0.2) is 30.5 Å². The lowest BCUT2D eigenvalue weighted by Crippen LogP contribution is -2.47. The van der Waals surface area contributed by atoms with Gasteiger partial charge in [-0.05, 0) is 42.5 Å². The predicted molar refractivity (Wildman–Crippen MR) is 115 cm³/mol. The van der Waals surface area contributed by atoms with E-state index in [2.05, 4.69) is 5.10 Å². The third-order valence-corrected chi connectivity index (χ3v) is 6.95. The highest BCUT2D eigenvalue weighted by atomic mass is 19.4. The van der Waals surface area contributed by atoms with Gasteiger partial charge >= 0.3 is 6.18 Å². The molecule has 2 aliphatic rings. The summed E-state index contributed by atoms with van der Waals surface area (Å²) in [5, 5.41) is 13.3. The number of piperidine rings is 1. The molecule has 4 rings (SSSR count). The molecule has 7 nitrogen and oxygen atoms in total. The van der Waals surface area contributed by atoms with Crippen molar-refractivity contribution in [3.63, 3.8) is 0 Å². The number of benzene rings is 1. The average Bonchev–Trinajstić information content (AvgIpc) is 3.37. The lowest BCUT2D eigenvalue weighted by atomic mass is 9.71. The molecule has 1 atom stereocenters. The van der Waals surface area contributed by atoms with E-state index in [1.807, 2.05) is 4.90 Å². The van der Waals surface area contributed by atoms with Gasteiger partial charge in [0.15, 0.2) is 0 Å². The summed E-state index contributed by atoms with van der Waals surface area (Å²) in [5.74, 6) is 0.0186. The van der Waals surface area contributed by atoms with Gasteiger partial charge in [0.05, 0.1) is 23.8 Å². The minimum atomic E-state index is -4.60. The van der Waals surface area contributed by atoms with Crippen molar-refractivity contribution >= 4 is 11.6 Å². The van der Waals surface area contributed by atoms with Gasteiger partial charge in [0.25, 0.3) is 5.91 Å². The molecule has 2 aromatic rings. The molecule has 2 saturated heterocycles. The Kier molecular flexibility index (Phi) is 6.10. The number of carbonyl (C=O) groups excluding carboxylic acids is 1. The topological polar surface area (TPSA) is 74.4 Å². The number of amides is 1. The van der Waals surface area contributed by atoms with Crippen molar-refractivity contribution in [2.24, 2.45) is 18.4 Å². The molecular weight excluding hydrogens is 435 g/mol. The van der Waals surface area contributed by atoms with E-state index in [-0.39, 0.29) is 22.8 Å². The number of carbonyl (C=O) groups is 1. The average molecular weight is 461 g/mol. The van der Waals surface area contributed by atoms with Crippen molar-refractivity contribution in [3.05, 3.63) is 47.3 Å². The van der Waals surface area contributed by atoms with Gasteiger partial charge in [-0.15, -0.1) is 0 Å². The number of alkyl halides is 3. The Hall–Kier alpha value is -3.06. The monoisotopic (exact) mass is 461 g/mol. The number of likely N-dealkylation sites (tertiary alicyclic amines) is 1. The van der Waals surface area contributed by atoms with Crippen LogP contribution in [0.3, 0.4) is 0 Å². The lowest BCUT2D eigenvalue weighted by molar-refractivity contribution is -0.137. The molecule has 1 amide bonds. The standard InChI is InChI=1S/C23H26F3N5O2/c1-29-8-5-20(28-29)21(32)30-9-6-22(7-10-30)15-31(13-17(22)14-33-2)18-4-3-16(12-27)19(11-18)23(24,25)26/h3-5,8,11,17H,6-7,9-10,13-15H2,1-2H3. The first-order valence-corrected chi connectivity index (χ1v) is 10.8. The summed E-state index contributed by atoms with van der Waals surface area (Å²) in [6.45, 7) is 2.75. The van der Waals surface area contributed by atoms with Crippen LogP contribution in [0, 0.1) is 22.7 Å². The number of anilines is 1. The van der Waals surface area contributed by atoms with E-state index in [1.165, 1.54) is 6.07 Å². The molecule has 0 aliphatic carbocycles. The molecule has 10 heteroatoms. The maximum Gasteiger partial charge on any atom is 0.417 e. The van der Waals surface area contributed by atoms with E-state index < -0.39 is 11.7 Å². The number of aryl methyl sites for hydroxylation is 1. The van der Waals surface area contributed by atoms with Gasteiger partial charge in [-0.25, -0.2) is 0 Å². The summed E-state index contributed by atoms with van der Waals surface area (Å²) in [7, 11) is 3.39. The molecule has 0 N–H and O–H groups in total. The zero-order chi connectivity index (χ0) is 23.8. The van der Waals surface area contributed by atoms with Gasteiger partial charge in [0.2, 0.25) is 0 Å². The second-order valence-electron chi connectivity index (χ2n) is 8.90. The van der Waals surface area contributed by atoms with Crippen molar-refractivity contribution in [2.45, 2.75) is 19.0 Å². The number of halogens is 3. The molecular formula is C23H26F3N5O2. The lowest BCUT2D eigenvalue weighted by Gasteiger charge is -2.42. The molecule has 0 radical (unpaired) electrons. The van der Waals surface area contributed by atoms with Crippen LogP contribution >= 0.6 is 0 Å². The van der Waals surface area contributed by atoms with E-state index in [4.69, 9.17) is 10.00 Å². The summed E-state index contributed by atoms with van der Waals surface area (Å²) < 4.78 is 47.5. The van der Waals surface area contributed by atoms with E-state index in [9.17, 15) is 18.0 Å². The zero-order valence-electron chi connectivity index (χ0n) is 18.6. The zero-order valence-corrected chi connectivity index (χ0v) is 18.6. The highest BCUT2D eigenvalue weighted by Crippen LogP contribution is 2.47. The summed E-state index contributed by atoms with van der Waals surface area (Å²) in [5.41, 5.74) is -0.598. The van der Waals surface area contributed by atoms with Crippen molar-refractivity contribution < 1.29 is 22.7 Å². The van der Waals surface area contributed by atoms with Crippen LogP contribution in [0.1, 0.15) is 34.5 Å². The van der Waals surface area contributed by atoms with Crippen LogP contribution in [0.2, 0.25) is 0 Å². The smallest absolute Gasteiger partial charge is 0.384 e. The fraction of sp³-hybridized carbons (Fsp3) is 0.522. The molecule has 176 valence electrons. The molecule has 2 fully saturated rings. The Morgan fingerprint density at radius 2 is 2.03 bits per heavy atom. The third kappa shape index (κ3) is 4.42. The van der Waals surface area contributed by atoms with Gasteiger partial charge in [0, 0.05) is 58.1 Å². The fourth-order valence-corrected chi connectivity index (χ4v) is 5.13. The minimum Gasteiger partial charge on any atom is -0.384 e. The van der Waals surface area contributed by atoms with Crippen molar-refractivity contribution in [1.82, 2.24) is 14.7 Å². The number of nitrogens with zero attached hydrogens (tertiary/aromatic N) is 5. The van der Waals surface area contributed by atoms with Crippen molar-refractivity contribution in [1.29, 1.82) is 5.26 Å². The molecule has 1 spiro atoms. The molecule has 0 saturated carbocycles. The van der Waals surface area contributed by atoms with Crippen LogP contribution in [0.4, 0.5) is 18.9 Å². The Bertz CT molecular complexity index is 1070. The number of nitriles is 1. The maximum absolute atomic E-state index is 13.5. The normalized spacial score (nSPS) is 20.3. The Morgan fingerprint density at radius 1 is 1.30 bits per heavy atom. The summed E-state index contributed by atoms with van der Waals surface area (Å²) >= 11 is 0. The molecule has 1 aromatic carbocycles. The Morgan fingerprint density at radius 3 is 2.61 bits per heavy atom. The number of aromatic nitrogens is 2. The third-order valence-electron chi connectivity index (χ3n) is 6.95. The Balaban J connectivity index is 1.53. The van der Waals surface area contributed by atoms with Crippen molar-refractivity contribution in [2.75, 3.05) is 44.8 Å². The van der Waals surface area contributed by atoms with Crippen LogP contribution in [0.25, 0.3) is 0 Å².